The molecule has 1 aromatic heterocycles. The van der Waals surface area contributed by atoms with Crippen molar-refractivity contribution in [3.63, 3.8) is 0 Å². The summed E-state index contributed by atoms with van der Waals surface area (Å²) in [7, 11) is 1.73. The van der Waals surface area contributed by atoms with Crippen LogP contribution in [0.4, 0.5) is 0 Å². The molecule has 0 N–H and O–H groups in total. The number of carbonyl (C=O) groups excluding carboxylic acids is 1. The van der Waals surface area contributed by atoms with Crippen LogP contribution in [0.3, 0.4) is 0 Å². The summed E-state index contributed by atoms with van der Waals surface area (Å²) in [4.78, 5) is 22.3. The summed E-state index contributed by atoms with van der Waals surface area (Å²) in [6.07, 6.45) is 5.95. The molecular formula is C25H35N3O2S. The summed E-state index contributed by atoms with van der Waals surface area (Å²) in [6, 6.07) is 12.0. The maximum Gasteiger partial charge on any atom is 0.256 e. The van der Waals surface area contributed by atoms with Crippen molar-refractivity contribution in [2.24, 2.45) is 11.8 Å². The minimum atomic E-state index is 0.114. The van der Waals surface area contributed by atoms with Gasteiger partial charge in [-0.2, -0.15) is 0 Å². The fourth-order valence-corrected chi connectivity index (χ4v) is 4.82. The first-order valence-electron chi connectivity index (χ1n) is 11.1. The number of nitrogens with zero attached hydrogens (tertiary/aromatic N) is 3. The van der Waals surface area contributed by atoms with Crippen LogP contribution in [0.2, 0.25) is 0 Å². The Kier molecular flexibility index (Phi) is 8.79. The third-order valence-corrected chi connectivity index (χ3v) is 6.55. The molecule has 0 atom stereocenters. The van der Waals surface area contributed by atoms with E-state index in [0.717, 1.165) is 61.9 Å². The number of piperidine rings is 1. The number of para-hydroxylation sites is 1. The van der Waals surface area contributed by atoms with Crippen LogP contribution in [-0.4, -0.2) is 60.2 Å². The van der Waals surface area contributed by atoms with E-state index < -0.39 is 0 Å². The van der Waals surface area contributed by atoms with Crippen molar-refractivity contribution in [2.75, 3.05) is 39.5 Å². The van der Waals surface area contributed by atoms with Gasteiger partial charge in [0.1, 0.15) is 10.8 Å². The van der Waals surface area contributed by atoms with Gasteiger partial charge < -0.3 is 9.64 Å². The number of methoxy groups -OCH3 is 1. The highest BCUT2D eigenvalue weighted by atomic mass is 32.2. The Morgan fingerprint density at radius 3 is 2.65 bits per heavy atom. The van der Waals surface area contributed by atoms with E-state index in [4.69, 9.17) is 4.74 Å². The third kappa shape index (κ3) is 6.47. The molecule has 0 radical (unpaired) electrons. The molecule has 0 bridgehead atoms. The summed E-state index contributed by atoms with van der Waals surface area (Å²) < 4.78 is 5.51. The van der Waals surface area contributed by atoms with E-state index in [9.17, 15) is 4.79 Å². The van der Waals surface area contributed by atoms with Gasteiger partial charge in [0.2, 0.25) is 0 Å². The number of thioether (sulfide) groups is 1. The Labute approximate surface area is 191 Å². The van der Waals surface area contributed by atoms with Gasteiger partial charge in [0, 0.05) is 31.4 Å². The normalized spacial score (nSPS) is 15.3. The molecule has 1 saturated heterocycles. The molecule has 2 heterocycles. The van der Waals surface area contributed by atoms with Gasteiger partial charge in [-0.05, 0) is 62.2 Å². The van der Waals surface area contributed by atoms with Gasteiger partial charge in [-0.15, -0.1) is 11.8 Å². The maximum atomic E-state index is 13.4. The molecule has 1 amide bonds. The smallest absolute Gasteiger partial charge is 0.256 e. The molecule has 31 heavy (non-hydrogen) atoms. The van der Waals surface area contributed by atoms with Crippen molar-refractivity contribution < 1.29 is 9.53 Å². The lowest BCUT2D eigenvalue weighted by molar-refractivity contribution is 0.0659. The van der Waals surface area contributed by atoms with E-state index in [1.54, 1.807) is 13.3 Å². The van der Waals surface area contributed by atoms with Gasteiger partial charge in [-0.3, -0.25) is 9.69 Å². The van der Waals surface area contributed by atoms with E-state index in [1.165, 1.54) is 17.3 Å². The molecule has 0 aliphatic carbocycles. The Hall–Kier alpha value is -2.05. The number of rotatable bonds is 9. The lowest BCUT2D eigenvalue weighted by atomic mass is 9.95. The zero-order valence-corrected chi connectivity index (χ0v) is 20.0. The van der Waals surface area contributed by atoms with Crippen molar-refractivity contribution in [2.45, 2.75) is 38.3 Å². The SMILES string of the molecule is COc1ccccc1CN1CCC(CN(CC(C)C)C(=O)c2cccnc2SC)CC1. The molecule has 0 spiro atoms. The molecule has 1 aromatic carbocycles. The van der Waals surface area contributed by atoms with Crippen LogP contribution in [0.1, 0.15) is 42.6 Å². The summed E-state index contributed by atoms with van der Waals surface area (Å²) >= 11 is 1.53. The van der Waals surface area contributed by atoms with E-state index >= 15 is 0 Å². The third-order valence-electron chi connectivity index (χ3n) is 5.84. The fourth-order valence-electron chi connectivity index (χ4n) is 4.28. The zero-order chi connectivity index (χ0) is 22.2. The molecule has 1 fully saturated rings. The summed E-state index contributed by atoms with van der Waals surface area (Å²) in [6.45, 7) is 8.97. The number of benzene rings is 1. The van der Waals surface area contributed by atoms with Gasteiger partial charge in [-0.1, -0.05) is 32.0 Å². The second kappa shape index (κ2) is 11.5. The Morgan fingerprint density at radius 1 is 1.23 bits per heavy atom. The predicted octanol–water partition coefficient (Wildman–Crippen LogP) is 4.82. The fraction of sp³-hybridized carbons (Fsp3) is 0.520. The van der Waals surface area contributed by atoms with Crippen LogP contribution in [0.5, 0.6) is 5.75 Å². The van der Waals surface area contributed by atoms with Gasteiger partial charge in [-0.25, -0.2) is 4.98 Å². The van der Waals surface area contributed by atoms with Gasteiger partial charge in [0.05, 0.1) is 12.7 Å². The molecule has 3 rings (SSSR count). The number of likely N-dealkylation sites (tertiary alicyclic amines) is 1. The number of ether oxygens (including phenoxy) is 1. The predicted molar refractivity (Wildman–Crippen MR) is 128 cm³/mol. The van der Waals surface area contributed by atoms with Crippen LogP contribution >= 0.6 is 11.8 Å². The zero-order valence-electron chi connectivity index (χ0n) is 19.2. The molecule has 5 nitrogen and oxygen atoms in total. The van der Waals surface area contributed by atoms with Crippen molar-refractivity contribution >= 4 is 17.7 Å². The van der Waals surface area contributed by atoms with Crippen molar-refractivity contribution in [1.82, 2.24) is 14.8 Å². The second-order valence-corrected chi connectivity index (χ2v) is 9.49. The molecule has 2 aromatic rings. The number of hydrogen-bond acceptors (Lipinski definition) is 5. The molecule has 1 aliphatic rings. The van der Waals surface area contributed by atoms with Crippen LogP contribution in [0.15, 0.2) is 47.6 Å². The second-order valence-electron chi connectivity index (χ2n) is 8.70. The number of amides is 1. The molecule has 168 valence electrons. The lowest BCUT2D eigenvalue weighted by Gasteiger charge is -2.35. The highest BCUT2D eigenvalue weighted by Gasteiger charge is 2.26. The number of carbonyl (C=O) groups is 1. The van der Waals surface area contributed by atoms with Crippen molar-refractivity contribution in [1.29, 1.82) is 0 Å². The number of pyridine rings is 1. The van der Waals surface area contributed by atoms with Crippen LogP contribution < -0.4 is 4.74 Å². The summed E-state index contributed by atoms with van der Waals surface area (Å²) in [5, 5.41) is 0.813. The van der Waals surface area contributed by atoms with E-state index in [1.807, 2.05) is 30.5 Å². The quantitative estimate of drug-likeness (QED) is 0.522. The minimum Gasteiger partial charge on any atom is -0.496 e. The average Bonchev–Trinajstić information content (AvgIpc) is 2.79. The Balaban J connectivity index is 1.61. The molecule has 0 unspecified atom stereocenters. The molecule has 6 heteroatoms. The van der Waals surface area contributed by atoms with Gasteiger partial charge in [0.15, 0.2) is 0 Å². The van der Waals surface area contributed by atoms with Crippen LogP contribution in [-0.2, 0) is 6.54 Å². The lowest BCUT2D eigenvalue weighted by Crippen LogP contribution is -2.42. The van der Waals surface area contributed by atoms with Gasteiger partial charge >= 0.3 is 0 Å². The van der Waals surface area contributed by atoms with E-state index in [2.05, 4.69) is 40.8 Å². The Bertz CT molecular complexity index is 850. The van der Waals surface area contributed by atoms with E-state index in [0.29, 0.717) is 11.8 Å². The number of hydrogen-bond donors (Lipinski definition) is 0. The van der Waals surface area contributed by atoms with E-state index in [-0.39, 0.29) is 5.91 Å². The summed E-state index contributed by atoms with van der Waals surface area (Å²) in [5.41, 5.74) is 1.96. The van der Waals surface area contributed by atoms with Gasteiger partial charge in [0.25, 0.3) is 5.91 Å². The highest BCUT2D eigenvalue weighted by Crippen LogP contribution is 2.25. The average molecular weight is 442 g/mol. The first kappa shape index (κ1) is 23.6. The maximum absolute atomic E-state index is 13.4. The van der Waals surface area contributed by atoms with Crippen LogP contribution in [0, 0.1) is 11.8 Å². The summed E-state index contributed by atoms with van der Waals surface area (Å²) in [5.74, 6) is 2.04. The topological polar surface area (TPSA) is 45.7 Å². The first-order valence-corrected chi connectivity index (χ1v) is 12.4. The van der Waals surface area contributed by atoms with Crippen LogP contribution in [0.25, 0.3) is 0 Å². The van der Waals surface area contributed by atoms with Crippen molar-refractivity contribution in [3.05, 3.63) is 53.7 Å². The monoisotopic (exact) mass is 441 g/mol. The minimum absolute atomic E-state index is 0.114. The molecular weight excluding hydrogens is 406 g/mol. The highest BCUT2D eigenvalue weighted by molar-refractivity contribution is 7.98. The first-order chi connectivity index (χ1) is 15.0. The standard InChI is InChI=1S/C25H35N3O2S/c1-19(2)16-28(25(29)22-9-7-13-26-24(22)31-4)17-20-11-14-27(15-12-20)18-21-8-5-6-10-23(21)30-3/h5-10,13,19-20H,11-12,14-18H2,1-4H3. The number of aromatic nitrogens is 1. The van der Waals surface area contributed by atoms with Crippen molar-refractivity contribution in [3.8, 4) is 5.75 Å². The molecule has 1 aliphatic heterocycles. The largest absolute Gasteiger partial charge is 0.496 e. The Morgan fingerprint density at radius 2 is 1.97 bits per heavy atom. The molecule has 0 saturated carbocycles.